The van der Waals surface area contributed by atoms with Crippen LogP contribution in [-0.4, -0.2) is 35.4 Å². The van der Waals surface area contributed by atoms with Crippen molar-refractivity contribution >= 4 is 33.3 Å². The monoisotopic (exact) mass is 300 g/mol. The van der Waals surface area contributed by atoms with Crippen molar-refractivity contribution in [3.63, 3.8) is 0 Å². The van der Waals surface area contributed by atoms with Crippen LogP contribution in [-0.2, 0) is 4.79 Å². The number of nitrogens with two attached hydrogens (primary N) is 1. The second-order valence-corrected chi connectivity index (χ2v) is 4.73. The van der Waals surface area contributed by atoms with E-state index < -0.39 is 0 Å². The molecule has 0 fully saturated rings. The van der Waals surface area contributed by atoms with Gasteiger partial charge in [-0.2, -0.15) is 0 Å². The Morgan fingerprint density at radius 2 is 2.35 bits per heavy atom. The molecule has 0 radical (unpaired) electrons. The molecule has 0 aromatic carbocycles. The van der Waals surface area contributed by atoms with E-state index in [4.69, 9.17) is 5.73 Å². The Balaban J connectivity index is 2.74. The second kappa shape index (κ2) is 5.86. The van der Waals surface area contributed by atoms with Gasteiger partial charge in [-0.15, -0.1) is 0 Å². The minimum atomic E-state index is -0.351. The molecule has 1 aromatic rings. The van der Waals surface area contributed by atoms with Crippen LogP contribution in [0.3, 0.4) is 0 Å². The maximum absolute atomic E-state index is 11.8. The normalized spacial score (nSPS) is 12.0. The molecule has 94 valence electrons. The number of amides is 1. The zero-order chi connectivity index (χ0) is 13.0. The molecule has 1 aromatic heterocycles. The number of carbonyl (C=O) groups is 1. The number of likely N-dealkylation sites (N-methyl/N-ethyl adjacent to an activating group) is 1. The first-order valence-electron chi connectivity index (χ1n) is 5.38. The van der Waals surface area contributed by atoms with Crippen LogP contribution in [0.5, 0.6) is 0 Å². The van der Waals surface area contributed by atoms with Gasteiger partial charge in [0.05, 0.1) is 5.69 Å². The molecular formula is C11H17BrN4O. The third-order valence-corrected chi connectivity index (χ3v) is 2.89. The number of carbonyl (C=O) groups excluding carboxylic acids is 1. The molecule has 0 aliphatic heterocycles. The molecule has 0 saturated heterocycles. The van der Waals surface area contributed by atoms with Gasteiger partial charge in [-0.1, -0.05) is 0 Å². The topological polar surface area (TPSA) is 71.2 Å². The lowest BCUT2D eigenvalue weighted by molar-refractivity contribution is -0.130. The first kappa shape index (κ1) is 13.8. The van der Waals surface area contributed by atoms with Gasteiger partial charge < -0.3 is 16.0 Å². The van der Waals surface area contributed by atoms with Crippen molar-refractivity contribution in [3.05, 3.63) is 16.7 Å². The van der Waals surface area contributed by atoms with Gasteiger partial charge in [0.1, 0.15) is 11.9 Å². The molecule has 17 heavy (non-hydrogen) atoms. The number of nitrogens with zero attached hydrogens (tertiary/aromatic N) is 2. The van der Waals surface area contributed by atoms with Gasteiger partial charge in [0.25, 0.3) is 0 Å². The molecule has 0 aliphatic rings. The fourth-order valence-electron chi connectivity index (χ4n) is 1.33. The number of anilines is 2. The van der Waals surface area contributed by atoms with Gasteiger partial charge in [0.2, 0.25) is 5.91 Å². The predicted molar refractivity (Wildman–Crippen MR) is 72.7 cm³/mol. The number of rotatable bonds is 4. The van der Waals surface area contributed by atoms with Gasteiger partial charge in [0.15, 0.2) is 0 Å². The lowest BCUT2D eigenvalue weighted by Gasteiger charge is -2.21. The molecule has 1 heterocycles. The van der Waals surface area contributed by atoms with E-state index in [2.05, 4.69) is 26.2 Å². The summed E-state index contributed by atoms with van der Waals surface area (Å²) in [7, 11) is 1.76. The van der Waals surface area contributed by atoms with Crippen LogP contribution in [0.25, 0.3) is 0 Å². The Bertz CT molecular complexity index is 410. The van der Waals surface area contributed by atoms with Crippen LogP contribution in [0.15, 0.2) is 16.7 Å². The molecule has 3 N–H and O–H groups in total. The minimum absolute atomic E-state index is 0.0108. The van der Waals surface area contributed by atoms with E-state index in [1.54, 1.807) is 31.1 Å². The smallest absolute Gasteiger partial charge is 0.244 e. The number of hydrogen-bond donors (Lipinski definition) is 2. The number of nitrogen functional groups attached to an aromatic ring is 1. The van der Waals surface area contributed by atoms with Crippen LogP contribution in [0.4, 0.5) is 11.5 Å². The number of halogens is 1. The summed E-state index contributed by atoms with van der Waals surface area (Å²) in [5, 5.41) is 3.00. The highest BCUT2D eigenvalue weighted by molar-refractivity contribution is 9.10. The zero-order valence-corrected chi connectivity index (χ0v) is 11.8. The van der Waals surface area contributed by atoms with Crippen LogP contribution < -0.4 is 11.1 Å². The third kappa shape index (κ3) is 3.59. The summed E-state index contributed by atoms with van der Waals surface area (Å²) >= 11 is 3.28. The van der Waals surface area contributed by atoms with Crippen molar-refractivity contribution in [2.24, 2.45) is 0 Å². The Morgan fingerprint density at radius 1 is 1.71 bits per heavy atom. The molecular weight excluding hydrogens is 284 g/mol. The Kier molecular flexibility index (Phi) is 4.74. The third-order valence-electron chi connectivity index (χ3n) is 2.46. The zero-order valence-electron chi connectivity index (χ0n) is 10.2. The van der Waals surface area contributed by atoms with Crippen molar-refractivity contribution in [1.82, 2.24) is 9.88 Å². The van der Waals surface area contributed by atoms with Crippen molar-refractivity contribution in [3.8, 4) is 0 Å². The first-order chi connectivity index (χ1) is 7.95. The summed E-state index contributed by atoms with van der Waals surface area (Å²) < 4.78 is 0.810. The van der Waals surface area contributed by atoms with Gasteiger partial charge >= 0.3 is 0 Å². The van der Waals surface area contributed by atoms with Gasteiger partial charge in [-0.25, -0.2) is 4.98 Å². The average molecular weight is 301 g/mol. The van der Waals surface area contributed by atoms with Gasteiger partial charge in [-0.3, -0.25) is 4.79 Å². The maximum atomic E-state index is 11.8. The highest BCUT2D eigenvalue weighted by Gasteiger charge is 2.17. The van der Waals surface area contributed by atoms with Crippen molar-refractivity contribution < 1.29 is 4.79 Å². The predicted octanol–water partition coefficient (Wildman–Crippen LogP) is 1.70. The van der Waals surface area contributed by atoms with Gasteiger partial charge in [0, 0.05) is 24.3 Å². The SMILES string of the molecule is CCN(C)C(=O)C(C)Nc1ncc(Br)cc1N. The maximum Gasteiger partial charge on any atom is 0.244 e. The van der Waals surface area contributed by atoms with E-state index in [1.807, 2.05) is 6.92 Å². The molecule has 6 heteroatoms. The molecule has 0 saturated carbocycles. The summed E-state index contributed by atoms with van der Waals surface area (Å²) in [6, 6.07) is 1.40. The van der Waals surface area contributed by atoms with E-state index in [1.165, 1.54) is 0 Å². The van der Waals surface area contributed by atoms with Crippen LogP contribution in [0.1, 0.15) is 13.8 Å². The molecule has 1 unspecified atom stereocenters. The van der Waals surface area contributed by atoms with Crippen LogP contribution in [0, 0.1) is 0 Å². The Morgan fingerprint density at radius 3 is 2.88 bits per heavy atom. The quantitative estimate of drug-likeness (QED) is 0.888. The molecule has 5 nitrogen and oxygen atoms in total. The van der Waals surface area contributed by atoms with Crippen molar-refractivity contribution in [1.29, 1.82) is 0 Å². The van der Waals surface area contributed by atoms with Crippen molar-refractivity contribution in [2.45, 2.75) is 19.9 Å². The van der Waals surface area contributed by atoms with Crippen molar-refractivity contribution in [2.75, 3.05) is 24.6 Å². The highest BCUT2D eigenvalue weighted by Crippen LogP contribution is 2.20. The van der Waals surface area contributed by atoms with Crippen LogP contribution in [0.2, 0.25) is 0 Å². The second-order valence-electron chi connectivity index (χ2n) is 3.81. The first-order valence-corrected chi connectivity index (χ1v) is 6.17. The molecule has 0 spiro atoms. The summed E-state index contributed by atoms with van der Waals surface area (Å²) in [5.41, 5.74) is 6.31. The minimum Gasteiger partial charge on any atom is -0.396 e. The highest BCUT2D eigenvalue weighted by atomic mass is 79.9. The molecule has 0 aliphatic carbocycles. The summed E-state index contributed by atoms with van der Waals surface area (Å²) in [6.07, 6.45) is 1.64. The van der Waals surface area contributed by atoms with E-state index in [0.29, 0.717) is 18.1 Å². The molecule has 1 atom stereocenters. The Labute approximate surface area is 110 Å². The molecule has 1 rings (SSSR count). The molecule has 0 bridgehead atoms. The molecule has 1 amide bonds. The number of hydrogen-bond acceptors (Lipinski definition) is 4. The van der Waals surface area contributed by atoms with E-state index in [0.717, 1.165) is 4.47 Å². The fraction of sp³-hybridized carbons (Fsp3) is 0.455. The van der Waals surface area contributed by atoms with E-state index in [9.17, 15) is 4.79 Å². The van der Waals surface area contributed by atoms with Crippen LogP contribution >= 0.6 is 15.9 Å². The van der Waals surface area contributed by atoms with E-state index in [-0.39, 0.29) is 11.9 Å². The number of nitrogens with one attached hydrogen (secondary N) is 1. The average Bonchev–Trinajstić information content (AvgIpc) is 2.30. The fourth-order valence-corrected chi connectivity index (χ4v) is 1.68. The Hall–Kier alpha value is -1.30. The lowest BCUT2D eigenvalue weighted by Crippen LogP contribution is -2.39. The number of aromatic nitrogens is 1. The van der Waals surface area contributed by atoms with Gasteiger partial charge in [-0.05, 0) is 35.8 Å². The summed E-state index contributed by atoms with van der Waals surface area (Å²) in [4.78, 5) is 17.6. The lowest BCUT2D eigenvalue weighted by atomic mass is 10.2. The standard InChI is InChI=1S/C11H17BrN4O/c1-4-16(3)11(17)7(2)15-10-9(13)5-8(12)6-14-10/h5-7H,4,13H2,1-3H3,(H,14,15). The van der Waals surface area contributed by atoms with E-state index >= 15 is 0 Å². The summed E-state index contributed by atoms with van der Waals surface area (Å²) in [5.74, 6) is 0.537. The summed E-state index contributed by atoms with van der Waals surface area (Å²) in [6.45, 7) is 4.39. The number of pyridine rings is 1. The largest absolute Gasteiger partial charge is 0.396 e.